The maximum Gasteiger partial charge on any atom is 0.319 e. The number of rotatable bonds is 4. The van der Waals surface area contributed by atoms with Gasteiger partial charge in [-0.3, -0.25) is 0 Å². The van der Waals surface area contributed by atoms with Crippen molar-refractivity contribution in [3.63, 3.8) is 0 Å². The SMILES string of the molecule is Cc1ccc(NC(=O)NC2CC2)cc1NC(=O)NC1CC1. The Hall–Kier alpha value is -2.24. The van der Waals surface area contributed by atoms with Gasteiger partial charge in [-0.1, -0.05) is 6.07 Å². The van der Waals surface area contributed by atoms with Crippen molar-refractivity contribution in [3.8, 4) is 0 Å². The quantitative estimate of drug-likeness (QED) is 0.686. The maximum absolute atomic E-state index is 11.8. The summed E-state index contributed by atoms with van der Waals surface area (Å²) in [6, 6.07) is 5.71. The van der Waals surface area contributed by atoms with Crippen molar-refractivity contribution in [3.05, 3.63) is 23.8 Å². The first-order valence-electron chi connectivity index (χ1n) is 7.36. The normalized spacial score (nSPS) is 17.0. The van der Waals surface area contributed by atoms with E-state index in [1.54, 1.807) is 6.07 Å². The highest BCUT2D eigenvalue weighted by Gasteiger charge is 2.24. The lowest BCUT2D eigenvalue weighted by atomic mass is 10.2. The van der Waals surface area contributed by atoms with Crippen LogP contribution in [0.2, 0.25) is 0 Å². The Morgan fingerprint density at radius 2 is 1.52 bits per heavy atom. The smallest absolute Gasteiger partial charge is 0.319 e. The Morgan fingerprint density at radius 1 is 0.952 bits per heavy atom. The van der Waals surface area contributed by atoms with Crippen LogP contribution in [0.3, 0.4) is 0 Å². The standard InChI is InChI=1S/C15H20N4O2/c1-9-2-3-12(18-14(20)16-10-4-5-10)8-13(9)19-15(21)17-11-6-7-11/h2-3,8,10-11H,4-7H2,1H3,(H2,16,18,20)(H2,17,19,21). The molecule has 2 saturated carbocycles. The van der Waals surface area contributed by atoms with Crippen molar-refractivity contribution in [1.82, 2.24) is 10.6 Å². The first kappa shape index (κ1) is 13.7. The summed E-state index contributed by atoms with van der Waals surface area (Å²) in [6.07, 6.45) is 4.20. The summed E-state index contributed by atoms with van der Waals surface area (Å²) in [7, 11) is 0. The second-order valence-corrected chi connectivity index (χ2v) is 5.78. The molecule has 0 atom stereocenters. The first-order chi connectivity index (χ1) is 10.1. The molecule has 0 saturated heterocycles. The minimum atomic E-state index is -0.199. The molecule has 0 heterocycles. The van der Waals surface area contributed by atoms with Crippen molar-refractivity contribution in [2.24, 2.45) is 0 Å². The van der Waals surface area contributed by atoms with Gasteiger partial charge in [0.1, 0.15) is 0 Å². The van der Waals surface area contributed by atoms with Gasteiger partial charge in [-0.05, 0) is 50.3 Å². The second kappa shape index (κ2) is 5.63. The molecule has 2 fully saturated rings. The lowest BCUT2D eigenvalue weighted by Crippen LogP contribution is -2.31. The van der Waals surface area contributed by atoms with Gasteiger partial charge in [0.2, 0.25) is 0 Å². The predicted octanol–water partition coefficient (Wildman–Crippen LogP) is 2.56. The lowest BCUT2D eigenvalue weighted by molar-refractivity contribution is 0.251. The largest absolute Gasteiger partial charge is 0.335 e. The monoisotopic (exact) mass is 288 g/mol. The predicted molar refractivity (Wildman–Crippen MR) is 81.5 cm³/mol. The zero-order chi connectivity index (χ0) is 14.8. The molecule has 6 nitrogen and oxygen atoms in total. The van der Waals surface area contributed by atoms with Gasteiger partial charge in [0.15, 0.2) is 0 Å². The molecule has 1 aromatic rings. The van der Waals surface area contributed by atoms with Gasteiger partial charge in [0.05, 0.1) is 0 Å². The summed E-state index contributed by atoms with van der Waals surface area (Å²) in [5.74, 6) is 0. The van der Waals surface area contributed by atoms with E-state index in [4.69, 9.17) is 0 Å². The van der Waals surface area contributed by atoms with Crippen molar-refractivity contribution in [2.45, 2.75) is 44.7 Å². The van der Waals surface area contributed by atoms with Gasteiger partial charge in [0, 0.05) is 23.5 Å². The number of hydrogen-bond acceptors (Lipinski definition) is 2. The second-order valence-electron chi connectivity index (χ2n) is 5.78. The average molecular weight is 288 g/mol. The zero-order valence-corrected chi connectivity index (χ0v) is 12.0. The fraction of sp³-hybridized carbons (Fsp3) is 0.467. The first-order valence-corrected chi connectivity index (χ1v) is 7.36. The van der Waals surface area contributed by atoms with E-state index in [0.717, 1.165) is 31.2 Å². The third-order valence-corrected chi connectivity index (χ3v) is 3.57. The van der Waals surface area contributed by atoms with E-state index in [2.05, 4.69) is 21.3 Å². The van der Waals surface area contributed by atoms with Gasteiger partial charge in [-0.25, -0.2) is 9.59 Å². The minimum absolute atomic E-state index is 0.194. The molecule has 0 aliphatic heterocycles. The summed E-state index contributed by atoms with van der Waals surface area (Å²) in [6.45, 7) is 1.92. The number of anilines is 2. The van der Waals surface area contributed by atoms with Crippen LogP contribution < -0.4 is 21.3 Å². The van der Waals surface area contributed by atoms with Gasteiger partial charge >= 0.3 is 12.1 Å². The molecule has 4 amide bonds. The third kappa shape index (κ3) is 4.11. The van der Waals surface area contributed by atoms with Gasteiger partial charge in [-0.15, -0.1) is 0 Å². The Bertz CT molecular complexity index is 565. The molecule has 0 unspecified atom stereocenters. The summed E-state index contributed by atoms with van der Waals surface area (Å²) in [5.41, 5.74) is 2.33. The molecule has 0 spiro atoms. The van der Waals surface area contributed by atoms with Crippen LogP contribution in [0.15, 0.2) is 18.2 Å². The van der Waals surface area contributed by atoms with E-state index in [0.29, 0.717) is 23.5 Å². The number of nitrogens with one attached hydrogen (secondary N) is 4. The highest BCUT2D eigenvalue weighted by Crippen LogP contribution is 2.23. The molecule has 0 radical (unpaired) electrons. The Kier molecular flexibility index (Phi) is 3.68. The molecule has 4 N–H and O–H groups in total. The Morgan fingerprint density at radius 3 is 2.10 bits per heavy atom. The van der Waals surface area contributed by atoms with Crippen LogP contribution in [0.1, 0.15) is 31.2 Å². The topological polar surface area (TPSA) is 82.3 Å². The van der Waals surface area contributed by atoms with Gasteiger partial charge in [-0.2, -0.15) is 0 Å². The fourth-order valence-corrected chi connectivity index (χ4v) is 1.99. The van der Waals surface area contributed by atoms with E-state index in [-0.39, 0.29) is 12.1 Å². The number of aryl methyl sites for hydroxylation is 1. The summed E-state index contributed by atoms with van der Waals surface area (Å²) < 4.78 is 0. The summed E-state index contributed by atoms with van der Waals surface area (Å²) in [5, 5.41) is 11.3. The Balaban J connectivity index is 1.60. The van der Waals surface area contributed by atoms with Crippen LogP contribution >= 0.6 is 0 Å². The zero-order valence-electron chi connectivity index (χ0n) is 12.0. The molecular weight excluding hydrogens is 268 g/mol. The van der Waals surface area contributed by atoms with Gasteiger partial charge in [0.25, 0.3) is 0 Å². The van der Waals surface area contributed by atoms with E-state index in [1.807, 2.05) is 19.1 Å². The molecule has 2 aliphatic rings. The Labute approximate surface area is 123 Å². The highest BCUT2D eigenvalue weighted by atomic mass is 16.2. The molecule has 0 bridgehead atoms. The van der Waals surface area contributed by atoms with Crippen molar-refractivity contribution >= 4 is 23.4 Å². The average Bonchev–Trinajstić information content (AvgIpc) is 3.30. The van der Waals surface area contributed by atoms with Crippen molar-refractivity contribution in [1.29, 1.82) is 0 Å². The summed E-state index contributed by atoms with van der Waals surface area (Å²) >= 11 is 0. The minimum Gasteiger partial charge on any atom is -0.335 e. The van der Waals surface area contributed by atoms with Crippen LogP contribution in [0.5, 0.6) is 0 Å². The number of amides is 4. The number of hydrogen-bond donors (Lipinski definition) is 4. The van der Waals surface area contributed by atoms with Crippen LogP contribution in [0.4, 0.5) is 21.0 Å². The maximum atomic E-state index is 11.8. The molecule has 1 aromatic carbocycles. The molecule has 3 rings (SSSR count). The molecule has 0 aromatic heterocycles. The van der Waals surface area contributed by atoms with E-state index in [9.17, 15) is 9.59 Å². The lowest BCUT2D eigenvalue weighted by Gasteiger charge is -2.12. The number of carbonyl (C=O) groups is 2. The van der Waals surface area contributed by atoms with Crippen molar-refractivity contribution in [2.75, 3.05) is 10.6 Å². The van der Waals surface area contributed by atoms with Crippen LogP contribution in [0.25, 0.3) is 0 Å². The van der Waals surface area contributed by atoms with E-state index < -0.39 is 0 Å². The molecule has 21 heavy (non-hydrogen) atoms. The van der Waals surface area contributed by atoms with Crippen LogP contribution in [-0.4, -0.2) is 24.1 Å². The van der Waals surface area contributed by atoms with Crippen LogP contribution in [0, 0.1) is 6.92 Å². The summed E-state index contributed by atoms with van der Waals surface area (Å²) in [4.78, 5) is 23.5. The van der Waals surface area contributed by atoms with E-state index >= 15 is 0 Å². The van der Waals surface area contributed by atoms with E-state index in [1.165, 1.54) is 0 Å². The van der Waals surface area contributed by atoms with Gasteiger partial charge < -0.3 is 21.3 Å². The number of benzene rings is 1. The molecule has 112 valence electrons. The van der Waals surface area contributed by atoms with Crippen LogP contribution in [-0.2, 0) is 0 Å². The molecule has 2 aliphatic carbocycles. The molecular formula is C15H20N4O2. The highest BCUT2D eigenvalue weighted by molar-refractivity contribution is 5.93. The number of urea groups is 2. The van der Waals surface area contributed by atoms with Crippen molar-refractivity contribution < 1.29 is 9.59 Å². The fourth-order valence-electron chi connectivity index (χ4n) is 1.99. The number of carbonyl (C=O) groups excluding carboxylic acids is 2. The third-order valence-electron chi connectivity index (χ3n) is 3.57. The molecule has 6 heteroatoms.